The molecule has 1 aromatic carbocycles. The highest BCUT2D eigenvalue weighted by Crippen LogP contribution is 2.28. The van der Waals surface area contributed by atoms with Crippen molar-refractivity contribution >= 4 is 23.4 Å². The van der Waals surface area contributed by atoms with Crippen molar-refractivity contribution in [3.05, 3.63) is 57.9 Å². The van der Waals surface area contributed by atoms with Crippen molar-refractivity contribution in [1.82, 2.24) is 4.98 Å². The minimum Gasteiger partial charge on any atom is -0.244 e. The second-order valence-corrected chi connectivity index (χ2v) is 5.96. The Morgan fingerprint density at radius 2 is 1.72 bits per heavy atom. The lowest BCUT2D eigenvalue weighted by molar-refractivity contribution is 1.18. The van der Waals surface area contributed by atoms with Crippen molar-refractivity contribution in [2.75, 3.05) is 0 Å². The number of pyridine rings is 1. The number of hydrogen-bond acceptors (Lipinski definition) is 2. The molecule has 94 valence electrons. The number of rotatable bonds is 3. The predicted molar refractivity (Wildman–Crippen MR) is 79.5 cm³/mol. The monoisotopic (exact) mass is 277 g/mol. The van der Waals surface area contributed by atoms with Gasteiger partial charge in [0.15, 0.2) is 0 Å². The van der Waals surface area contributed by atoms with Crippen molar-refractivity contribution in [3.63, 3.8) is 0 Å². The smallest absolute Gasteiger partial charge is 0.130 e. The molecule has 0 amide bonds. The normalized spacial score (nSPS) is 10.7. The lowest BCUT2D eigenvalue weighted by Crippen LogP contribution is -1.87. The van der Waals surface area contributed by atoms with E-state index in [2.05, 4.69) is 44.0 Å². The lowest BCUT2D eigenvalue weighted by atomic mass is 10.1. The van der Waals surface area contributed by atoms with Gasteiger partial charge in [-0.15, -0.1) is 11.8 Å². The summed E-state index contributed by atoms with van der Waals surface area (Å²) < 4.78 is 0. The van der Waals surface area contributed by atoms with Crippen LogP contribution in [0, 0.1) is 20.8 Å². The summed E-state index contributed by atoms with van der Waals surface area (Å²) >= 11 is 7.73. The average Bonchev–Trinajstić information content (AvgIpc) is 2.29. The summed E-state index contributed by atoms with van der Waals surface area (Å²) in [6.45, 7) is 6.33. The summed E-state index contributed by atoms with van der Waals surface area (Å²) in [4.78, 5) is 5.28. The van der Waals surface area contributed by atoms with Crippen LogP contribution in [0.25, 0.3) is 0 Å². The molecule has 0 saturated heterocycles. The molecular weight excluding hydrogens is 262 g/mol. The van der Waals surface area contributed by atoms with E-state index in [4.69, 9.17) is 11.6 Å². The van der Waals surface area contributed by atoms with E-state index in [0.29, 0.717) is 5.15 Å². The molecule has 0 aliphatic rings. The van der Waals surface area contributed by atoms with Crippen LogP contribution >= 0.6 is 23.4 Å². The number of aromatic nitrogens is 1. The van der Waals surface area contributed by atoms with Crippen molar-refractivity contribution in [3.8, 4) is 0 Å². The van der Waals surface area contributed by atoms with Crippen LogP contribution in [-0.4, -0.2) is 4.98 Å². The van der Waals surface area contributed by atoms with Crippen molar-refractivity contribution < 1.29 is 0 Å². The third-order valence-electron chi connectivity index (χ3n) is 2.70. The Labute approximate surface area is 118 Å². The number of aryl methyl sites for hydroxylation is 3. The van der Waals surface area contributed by atoms with Crippen LogP contribution in [0.15, 0.2) is 35.4 Å². The fraction of sp³-hybridized carbons (Fsp3) is 0.267. The van der Waals surface area contributed by atoms with Gasteiger partial charge < -0.3 is 0 Å². The van der Waals surface area contributed by atoms with Crippen LogP contribution in [0.1, 0.15) is 22.3 Å². The zero-order valence-electron chi connectivity index (χ0n) is 10.8. The molecule has 1 aromatic heterocycles. The van der Waals surface area contributed by atoms with Crippen LogP contribution < -0.4 is 0 Å². The molecule has 0 fully saturated rings. The molecule has 0 atom stereocenters. The maximum atomic E-state index is 5.92. The minimum absolute atomic E-state index is 0.559. The summed E-state index contributed by atoms with van der Waals surface area (Å²) in [7, 11) is 0. The molecule has 0 N–H and O–H groups in total. The van der Waals surface area contributed by atoms with Gasteiger partial charge in [0.05, 0.1) is 0 Å². The molecular formula is C15H16ClNS. The molecule has 0 saturated carbocycles. The first-order valence-corrected chi connectivity index (χ1v) is 7.23. The van der Waals surface area contributed by atoms with E-state index in [9.17, 15) is 0 Å². The fourth-order valence-electron chi connectivity index (χ4n) is 1.95. The molecule has 3 heteroatoms. The molecule has 0 radical (unpaired) electrons. The van der Waals surface area contributed by atoms with Crippen LogP contribution in [0.4, 0.5) is 0 Å². The van der Waals surface area contributed by atoms with E-state index in [1.165, 1.54) is 27.1 Å². The SMILES string of the molecule is Cc1cc(C)cc(CSc2cc(Cl)ncc2C)c1. The van der Waals surface area contributed by atoms with Crippen molar-refractivity contribution in [2.24, 2.45) is 0 Å². The summed E-state index contributed by atoms with van der Waals surface area (Å²) in [6, 6.07) is 8.60. The second-order valence-electron chi connectivity index (χ2n) is 4.56. The summed E-state index contributed by atoms with van der Waals surface area (Å²) in [6.07, 6.45) is 1.83. The van der Waals surface area contributed by atoms with Gasteiger partial charge in [0.1, 0.15) is 5.15 Å². The molecule has 1 nitrogen and oxygen atoms in total. The van der Waals surface area contributed by atoms with E-state index < -0.39 is 0 Å². The van der Waals surface area contributed by atoms with Gasteiger partial charge in [-0.05, 0) is 38.0 Å². The first kappa shape index (κ1) is 13.4. The number of nitrogens with zero attached hydrogens (tertiary/aromatic N) is 1. The highest BCUT2D eigenvalue weighted by atomic mass is 35.5. The predicted octanol–water partition coefficient (Wildman–Crippen LogP) is 4.95. The zero-order valence-corrected chi connectivity index (χ0v) is 12.4. The van der Waals surface area contributed by atoms with Crippen LogP contribution in [0.5, 0.6) is 0 Å². The first-order valence-electron chi connectivity index (χ1n) is 5.87. The van der Waals surface area contributed by atoms with E-state index >= 15 is 0 Å². The third kappa shape index (κ3) is 3.50. The van der Waals surface area contributed by atoms with E-state index in [1.54, 1.807) is 0 Å². The maximum Gasteiger partial charge on any atom is 0.130 e. The number of halogens is 1. The summed E-state index contributed by atoms with van der Waals surface area (Å²) in [5.41, 5.74) is 5.16. The minimum atomic E-state index is 0.559. The van der Waals surface area contributed by atoms with Gasteiger partial charge in [-0.2, -0.15) is 0 Å². The van der Waals surface area contributed by atoms with Crippen LogP contribution in [-0.2, 0) is 5.75 Å². The van der Waals surface area contributed by atoms with E-state index in [0.717, 1.165) is 5.75 Å². The van der Waals surface area contributed by atoms with E-state index in [-0.39, 0.29) is 0 Å². The van der Waals surface area contributed by atoms with Crippen LogP contribution in [0.3, 0.4) is 0 Å². The topological polar surface area (TPSA) is 12.9 Å². The summed E-state index contributed by atoms with van der Waals surface area (Å²) in [5, 5.41) is 0.559. The Balaban J connectivity index is 2.13. The van der Waals surface area contributed by atoms with E-state index in [1.807, 2.05) is 24.0 Å². The largest absolute Gasteiger partial charge is 0.244 e. The second kappa shape index (κ2) is 5.77. The Hall–Kier alpha value is -0.990. The van der Waals surface area contributed by atoms with Gasteiger partial charge in [0.2, 0.25) is 0 Å². The maximum absolute atomic E-state index is 5.92. The molecule has 0 aliphatic heterocycles. The molecule has 0 aliphatic carbocycles. The number of thioether (sulfide) groups is 1. The van der Waals surface area contributed by atoms with Crippen molar-refractivity contribution in [2.45, 2.75) is 31.4 Å². The quantitative estimate of drug-likeness (QED) is 0.581. The van der Waals surface area contributed by atoms with Gasteiger partial charge in [0.25, 0.3) is 0 Å². The third-order valence-corrected chi connectivity index (χ3v) is 4.13. The standard InChI is InChI=1S/C15H16ClNS/c1-10-4-11(2)6-13(5-10)9-18-14-7-15(16)17-8-12(14)3/h4-8H,9H2,1-3H3. The molecule has 1 heterocycles. The lowest BCUT2D eigenvalue weighted by Gasteiger charge is -2.07. The molecule has 18 heavy (non-hydrogen) atoms. The highest BCUT2D eigenvalue weighted by molar-refractivity contribution is 7.98. The highest BCUT2D eigenvalue weighted by Gasteiger charge is 2.03. The molecule has 2 rings (SSSR count). The van der Waals surface area contributed by atoms with Crippen molar-refractivity contribution in [1.29, 1.82) is 0 Å². The van der Waals surface area contributed by atoms with Gasteiger partial charge in [-0.3, -0.25) is 0 Å². The van der Waals surface area contributed by atoms with Gasteiger partial charge >= 0.3 is 0 Å². The molecule has 0 spiro atoms. The number of hydrogen-bond donors (Lipinski definition) is 0. The Morgan fingerprint density at radius 3 is 2.39 bits per heavy atom. The molecule has 2 aromatic rings. The Kier molecular flexibility index (Phi) is 4.31. The molecule has 0 bridgehead atoms. The molecule has 0 unspecified atom stereocenters. The summed E-state index contributed by atoms with van der Waals surface area (Å²) in [5.74, 6) is 0.962. The Morgan fingerprint density at radius 1 is 1.06 bits per heavy atom. The average molecular weight is 278 g/mol. The first-order chi connectivity index (χ1) is 8.54. The van der Waals surface area contributed by atoms with Crippen LogP contribution in [0.2, 0.25) is 5.15 Å². The fourth-order valence-corrected chi connectivity index (χ4v) is 3.14. The van der Waals surface area contributed by atoms with Gasteiger partial charge in [0, 0.05) is 16.8 Å². The zero-order chi connectivity index (χ0) is 13.1. The van der Waals surface area contributed by atoms with Gasteiger partial charge in [-0.1, -0.05) is 40.9 Å². The van der Waals surface area contributed by atoms with Gasteiger partial charge in [-0.25, -0.2) is 4.98 Å². The Bertz CT molecular complexity index is 546. The number of benzene rings is 1.